The molecule has 94 valence electrons. The first-order valence-corrected chi connectivity index (χ1v) is 7.27. The summed E-state index contributed by atoms with van der Waals surface area (Å²) in [5.41, 5.74) is 6.09. The zero-order valence-electron chi connectivity index (χ0n) is 9.44. The van der Waals surface area contributed by atoms with E-state index in [1.165, 1.54) is 6.07 Å². The zero-order valence-corrected chi connectivity index (χ0v) is 11.8. The Morgan fingerprint density at radius 2 is 2.35 bits per heavy atom. The van der Waals surface area contributed by atoms with Crippen molar-refractivity contribution in [3.8, 4) is 5.75 Å². The largest absolute Gasteiger partial charge is 0.506 e. The van der Waals surface area contributed by atoms with Gasteiger partial charge in [0.1, 0.15) is 5.75 Å². The van der Waals surface area contributed by atoms with E-state index in [4.69, 9.17) is 5.73 Å². The van der Waals surface area contributed by atoms with Crippen LogP contribution in [0.25, 0.3) is 0 Å². The molecule has 0 aliphatic heterocycles. The lowest BCUT2D eigenvalue weighted by Gasteiger charge is -2.12. The van der Waals surface area contributed by atoms with Crippen LogP contribution in [0.4, 0.5) is 5.69 Å². The molecule has 6 heteroatoms. The number of phenolic OH excluding ortho intramolecular Hbond substituents is 1. The van der Waals surface area contributed by atoms with Crippen molar-refractivity contribution < 1.29 is 9.90 Å². The summed E-state index contributed by atoms with van der Waals surface area (Å²) >= 11 is 4.91. The molecular weight excluding hydrogens is 304 g/mol. The number of carbonyl (C=O) groups excluding carboxylic acids is 1. The lowest BCUT2D eigenvalue weighted by atomic mass is 10.2. The van der Waals surface area contributed by atoms with E-state index in [0.29, 0.717) is 12.1 Å². The van der Waals surface area contributed by atoms with E-state index in [1.807, 2.05) is 6.26 Å². The third-order valence-corrected chi connectivity index (χ3v) is 3.32. The number of carbonyl (C=O) groups is 1. The number of thioether (sulfide) groups is 1. The van der Waals surface area contributed by atoms with Gasteiger partial charge in [0.15, 0.2) is 0 Å². The average molecular weight is 319 g/mol. The van der Waals surface area contributed by atoms with Gasteiger partial charge in [-0.15, -0.1) is 0 Å². The first-order chi connectivity index (χ1) is 8.04. The fourth-order valence-corrected chi connectivity index (χ4v) is 2.06. The van der Waals surface area contributed by atoms with E-state index in [0.717, 1.165) is 10.2 Å². The molecule has 0 radical (unpaired) electrons. The van der Waals surface area contributed by atoms with E-state index in [2.05, 4.69) is 21.2 Å². The third-order valence-electron chi connectivity index (χ3n) is 2.19. The molecule has 0 aliphatic rings. The minimum Gasteiger partial charge on any atom is -0.506 e. The molecule has 0 unspecified atom stereocenters. The molecule has 0 saturated carbocycles. The Hall–Kier alpha value is -0.720. The van der Waals surface area contributed by atoms with Gasteiger partial charge in [-0.25, -0.2) is 0 Å². The SMILES string of the molecule is CSCC[C@H](N)C(=O)Nc1cc(Br)ccc1O. The standard InChI is InChI=1S/C11H15BrN2O2S/c1-17-5-4-8(13)11(16)14-9-6-7(12)2-3-10(9)15/h2-3,6,8,15H,4-5,13H2,1H3,(H,14,16)/t8-/m0/s1. The van der Waals surface area contributed by atoms with E-state index in [9.17, 15) is 9.90 Å². The highest BCUT2D eigenvalue weighted by Crippen LogP contribution is 2.26. The van der Waals surface area contributed by atoms with E-state index < -0.39 is 6.04 Å². The molecule has 0 bridgehead atoms. The van der Waals surface area contributed by atoms with Crippen LogP contribution >= 0.6 is 27.7 Å². The van der Waals surface area contributed by atoms with Gasteiger partial charge in [0, 0.05) is 4.47 Å². The Morgan fingerprint density at radius 1 is 1.65 bits per heavy atom. The smallest absolute Gasteiger partial charge is 0.241 e. The maximum Gasteiger partial charge on any atom is 0.241 e. The summed E-state index contributed by atoms with van der Waals surface area (Å²) in [4.78, 5) is 11.7. The van der Waals surface area contributed by atoms with E-state index in [-0.39, 0.29) is 11.7 Å². The second-order valence-electron chi connectivity index (χ2n) is 3.54. The normalized spacial score (nSPS) is 12.2. The van der Waals surface area contributed by atoms with Gasteiger partial charge in [0.05, 0.1) is 11.7 Å². The van der Waals surface area contributed by atoms with Crippen molar-refractivity contribution in [3.05, 3.63) is 22.7 Å². The highest BCUT2D eigenvalue weighted by atomic mass is 79.9. The van der Waals surface area contributed by atoms with E-state index in [1.54, 1.807) is 23.9 Å². The fraction of sp³-hybridized carbons (Fsp3) is 0.364. The van der Waals surface area contributed by atoms with Crippen LogP contribution in [0.15, 0.2) is 22.7 Å². The number of anilines is 1. The highest BCUT2D eigenvalue weighted by Gasteiger charge is 2.14. The number of aromatic hydroxyl groups is 1. The molecule has 1 rings (SSSR count). The zero-order chi connectivity index (χ0) is 12.8. The van der Waals surface area contributed by atoms with Crippen LogP contribution in [0.2, 0.25) is 0 Å². The molecule has 1 amide bonds. The van der Waals surface area contributed by atoms with Gasteiger partial charge >= 0.3 is 0 Å². The predicted molar refractivity (Wildman–Crippen MR) is 75.4 cm³/mol. The predicted octanol–water partition coefficient (Wildman–Crippen LogP) is 2.17. The first-order valence-electron chi connectivity index (χ1n) is 5.08. The topological polar surface area (TPSA) is 75.4 Å². The summed E-state index contributed by atoms with van der Waals surface area (Å²) in [5.74, 6) is 0.574. The minimum atomic E-state index is -0.555. The number of phenols is 1. The summed E-state index contributed by atoms with van der Waals surface area (Å²) in [6, 6.07) is 4.28. The van der Waals surface area contributed by atoms with Crippen LogP contribution < -0.4 is 11.1 Å². The quantitative estimate of drug-likeness (QED) is 0.727. The summed E-state index contributed by atoms with van der Waals surface area (Å²) in [6.45, 7) is 0. The van der Waals surface area contributed by atoms with Crippen molar-refractivity contribution in [2.24, 2.45) is 5.73 Å². The lowest BCUT2D eigenvalue weighted by Crippen LogP contribution is -2.36. The van der Waals surface area contributed by atoms with Gasteiger partial charge in [-0.2, -0.15) is 11.8 Å². The monoisotopic (exact) mass is 318 g/mol. The Balaban J connectivity index is 2.64. The average Bonchev–Trinajstić information content (AvgIpc) is 2.30. The van der Waals surface area contributed by atoms with Crippen molar-refractivity contribution >= 4 is 39.3 Å². The van der Waals surface area contributed by atoms with Crippen LogP contribution in [0, 0.1) is 0 Å². The van der Waals surface area contributed by atoms with Gasteiger partial charge < -0.3 is 16.2 Å². The maximum atomic E-state index is 11.7. The number of halogens is 1. The van der Waals surface area contributed by atoms with Crippen LogP contribution in [0.1, 0.15) is 6.42 Å². The molecule has 0 aromatic heterocycles. The van der Waals surface area contributed by atoms with Crippen molar-refractivity contribution in [2.45, 2.75) is 12.5 Å². The Labute approximate surface area is 113 Å². The molecule has 0 saturated heterocycles. The summed E-state index contributed by atoms with van der Waals surface area (Å²) in [6.07, 6.45) is 2.58. The molecule has 4 N–H and O–H groups in total. The van der Waals surface area contributed by atoms with Gasteiger partial charge in [0.25, 0.3) is 0 Å². The van der Waals surface area contributed by atoms with E-state index >= 15 is 0 Å². The van der Waals surface area contributed by atoms with Crippen LogP contribution in [-0.4, -0.2) is 29.1 Å². The summed E-state index contributed by atoms with van der Waals surface area (Å²) in [7, 11) is 0. The molecule has 0 heterocycles. The Kier molecular flexibility index (Phi) is 5.80. The first kappa shape index (κ1) is 14.3. The van der Waals surface area contributed by atoms with Crippen molar-refractivity contribution in [2.75, 3.05) is 17.3 Å². The molecule has 17 heavy (non-hydrogen) atoms. The third kappa shape index (κ3) is 4.57. The molecule has 4 nitrogen and oxygen atoms in total. The highest BCUT2D eigenvalue weighted by molar-refractivity contribution is 9.10. The van der Waals surface area contributed by atoms with Gasteiger partial charge in [-0.05, 0) is 36.6 Å². The maximum absolute atomic E-state index is 11.7. The minimum absolute atomic E-state index is 0.0265. The second kappa shape index (κ2) is 6.88. The number of rotatable bonds is 5. The molecule has 0 fully saturated rings. The van der Waals surface area contributed by atoms with Crippen molar-refractivity contribution in [1.29, 1.82) is 0 Å². The molecule has 0 aliphatic carbocycles. The number of benzene rings is 1. The Bertz CT molecular complexity index is 401. The number of nitrogens with one attached hydrogen (secondary N) is 1. The second-order valence-corrected chi connectivity index (χ2v) is 5.44. The van der Waals surface area contributed by atoms with Gasteiger partial charge in [0.2, 0.25) is 5.91 Å². The number of nitrogens with two attached hydrogens (primary N) is 1. The van der Waals surface area contributed by atoms with Crippen LogP contribution in [0.5, 0.6) is 5.75 Å². The molecule has 1 atom stereocenters. The van der Waals surface area contributed by atoms with Gasteiger partial charge in [-0.3, -0.25) is 4.79 Å². The molecule has 1 aromatic rings. The van der Waals surface area contributed by atoms with Gasteiger partial charge in [-0.1, -0.05) is 15.9 Å². The number of hydrogen-bond donors (Lipinski definition) is 3. The van der Waals surface area contributed by atoms with Crippen molar-refractivity contribution in [3.63, 3.8) is 0 Å². The molecule has 1 aromatic carbocycles. The van der Waals surface area contributed by atoms with Crippen molar-refractivity contribution in [1.82, 2.24) is 0 Å². The summed E-state index contributed by atoms with van der Waals surface area (Å²) in [5, 5.41) is 12.2. The fourth-order valence-electron chi connectivity index (χ4n) is 1.21. The number of hydrogen-bond acceptors (Lipinski definition) is 4. The Morgan fingerprint density at radius 3 is 3.00 bits per heavy atom. The lowest BCUT2D eigenvalue weighted by molar-refractivity contribution is -0.117. The van der Waals surface area contributed by atoms with Crippen LogP contribution in [-0.2, 0) is 4.79 Å². The molecular formula is C11H15BrN2O2S. The molecule has 0 spiro atoms. The number of amides is 1. The van der Waals surface area contributed by atoms with Crippen LogP contribution in [0.3, 0.4) is 0 Å². The summed E-state index contributed by atoms with van der Waals surface area (Å²) < 4.78 is 0.781.